The van der Waals surface area contributed by atoms with Crippen LogP contribution in [0.25, 0.3) is 5.69 Å². The maximum absolute atomic E-state index is 13.0. The molecule has 160 valence electrons. The van der Waals surface area contributed by atoms with E-state index in [2.05, 4.69) is 5.32 Å². The molecule has 0 bridgehead atoms. The summed E-state index contributed by atoms with van der Waals surface area (Å²) in [5.74, 6) is -0.248. The fourth-order valence-electron chi connectivity index (χ4n) is 4.94. The molecule has 0 unspecified atom stereocenters. The number of nitrogens with one attached hydrogen (secondary N) is 1. The molecule has 8 heteroatoms. The lowest BCUT2D eigenvalue weighted by molar-refractivity contribution is -0.117. The number of hydrogen-bond donors (Lipinski definition) is 2. The Kier molecular flexibility index (Phi) is 4.71. The van der Waals surface area contributed by atoms with Crippen LogP contribution in [0.2, 0.25) is 0 Å². The van der Waals surface area contributed by atoms with E-state index in [4.69, 9.17) is 5.14 Å². The predicted octanol–water partition coefficient (Wildman–Crippen LogP) is 2.83. The van der Waals surface area contributed by atoms with E-state index in [0.717, 1.165) is 48.5 Å². The van der Waals surface area contributed by atoms with Crippen molar-refractivity contribution in [3.63, 3.8) is 0 Å². The molecular weight excluding hydrogens is 414 g/mol. The average molecular weight is 438 g/mol. The Bertz CT molecular complexity index is 1220. The molecule has 1 aromatic heterocycles. The van der Waals surface area contributed by atoms with Crippen LogP contribution in [-0.2, 0) is 19.6 Å². The summed E-state index contributed by atoms with van der Waals surface area (Å²) in [4.78, 5) is 26.0. The minimum Gasteiger partial charge on any atom is -0.362 e. The standard InChI is InChI=1S/C23H23N3O4S/c24-31(29,30)15-11-9-14(10-12-15)26-13-3-6-18(26)23-21-16(4-1-7-19(21)27)25-17-5-2-8-20(28)22(17)23/h3,6,9-13,23,25H,1-2,4-5,7-8H2,(H2,24,29,30). The largest absolute Gasteiger partial charge is 0.362 e. The topological polar surface area (TPSA) is 111 Å². The molecule has 0 saturated heterocycles. The van der Waals surface area contributed by atoms with Gasteiger partial charge >= 0.3 is 0 Å². The highest BCUT2D eigenvalue weighted by Crippen LogP contribution is 2.45. The number of nitrogens with zero attached hydrogens (tertiary/aromatic N) is 1. The minimum absolute atomic E-state index is 0.0340. The van der Waals surface area contributed by atoms with E-state index in [1.54, 1.807) is 12.1 Å². The third-order valence-electron chi connectivity index (χ3n) is 6.31. The fraction of sp³-hybridized carbons (Fsp3) is 0.304. The van der Waals surface area contributed by atoms with E-state index >= 15 is 0 Å². The van der Waals surface area contributed by atoms with Crippen molar-refractivity contribution in [1.29, 1.82) is 0 Å². The van der Waals surface area contributed by atoms with Crippen LogP contribution in [0, 0.1) is 0 Å². The molecule has 0 amide bonds. The van der Waals surface area contributed by atoms with Gasteiger partial charge in [-0.2, -0.15) is 0 Å². The normalized spacial score (nSPS) is 19.9. The number of nitrogens with two attached hydrogens (primary N) is 1. The molecule has 1 aliphatic heterocycles. The number of rotatable bonds is 3. The number of primary sulfonamides is 1. The fourth-order valence-corrected chi connectivity index (χ4v) is 5.46. The van der Waals surface area contributed by atoms with Crippen LogP contribution in [0.4, 0.5) is 0 Å². The van der Waals surface area contributed by atoms with Crippen molar-refractivity contribution in [2.45, 2.75) is 49.3 Å². The molecule has 3 N–H and O–H groups in total. The molecule has 2 aromatic rings. The van der Waals surface area contributed by atoms with Crippen LogP contribution in [0.1, 0.15) is 50.1 Å². The zero-order chi connectivity index (χ0) is 21.8. The Morgan fingerprint density at radius 1 is 0.871 bits per heavy atom. The second kappa shape index (κ2) is 7.32. The highest BCUT2D eigenvalue weighted by molar-refractivity contribution is 7.89. The van der Waals surface area contributed by atoms with Gasteiger partial charge in [0.25, 0.3) is 0 Å². The summed E-state index contributed by atoms with van der Waals surface area (Å²) < 4.78 is 25.1. The summed E-state index contributed by atoms with van der Waals surface area (Å²) in [6.45, 7) is 0. The van der Waals surface area contributed by atoms with Gasteiger partial charge < -0.3 is 9.88 Å². The third kappa shape index (κ3) is 3.36. The van der Waals surface area contributed by atoms with Crippen molar-refractivity contribution < 1.29 is 18.0 Å². The van der Waals surface area contributed by atoms with Crippen LogP contribution < -0.4 is 10.5 Å². The van der Waals surface area contributed by atoms with Crippen LogP contribution in [0.15, 0.2) is 70.0 Å². The van der Waals surface area contributed by atoms with Crippen LogP contribution in [-0.4, -0.2) is 24.6 Å². The number of benzene rings is 1. The van der Waals surface area contributed by atoms with Gasteiger partial charge in [-0.05, 0) is 62.1 Å². The maximum atomic E-state index is 13.0. The molecule has 2 heterocycles. The molecular formula is C23H23N3O4S. The molecule has 0 atom stereocenters. The summed E-state index contributed by atoms with van der Waals surface area (Å²) in [5, 5.41) is 8.64. The van der Waals surface area contributed by atoms with Gasteiger partial charge in [-0.25, -0.2) is 13.6 Å². The van der Waals surface area contributed by atoms with Crippen molar-refractivity contribution in [2.24, 2.45) is 5.14 Å². The van der Waals surface area contributed by atoms with Crippen molar-refractivity contribution in [2.75, 3.05) is 0 Å². The second-order valence-electron chi connectivity index (χ2n) is 8.24. The summed E-state index contributed by atoms with van der Waals surface area (Å²) >= 11 is 0. The van der Waals surface area contributed by atoms with Gasteiger partial charge in [-0.15, -0.1) is 0 Å². The van der Waals surface area contributed by atoms with Crippen molar-refractivity contribution in [3.05, 3.63) is 70.8 Å². The molecule has 2 aliphatic carbocycles. The number of hydrogen-bond acceptors (Lipinski definition) is 5. The Morgan fingerprint density at radius 2 is 1.45 bits per heavy atom. The Balaban J connectivity index is 1.66. The summed E-state index contributed by atoms with van der Waals surface area (Å²) in [7, 11) is -3.79. The number of sulfonamides is 1. The second-order valence-corrected chi connectivity index (χ2v) is 9.80. The van der Waals surface area contributed by atoms with E-state index in [9.17, 15) is 18.0 Å². The first-order chi connectivity index (χ1) is 14.8. The molecule has 0 saturated carbocycles. The number of ketones is 2. The van der Waals surface area contributed by atoms with Crippen LogP contribution >= 0.6 is 0 Å². The van der Waals surface area contributed by atoms with E-state index in [1.807, 2.05) is 22.9 Å². The minimum atomic E-state index is -3.79. The SMILES string of the molecule is NS(=O)(=O)c1ccc(-n2cccc2C2C3=C(CCCC3=O)NC3=C2C(=O)CCC3)cc1. The quantitative estimate of drug-likeness (QED) is 0.767. The maximum Gasteiger partial charge on any atom is 0.238 e. The van der Waals surface area contributed by atoms with Crippen molar-refractivity contribution in [3.8, 4) is 5.69 Å². The molecule has 0 radical (unpaired) electrons. The lowest BCUT2D eigenvalue weighted by Gasteiger charge is -2.37. The molecule has 1 aromatic carbocycles. The highest BCUT2D eigenvalue weighted by atomic mass is 32.2. The van der Waals surface area contributed by atoms with E-state index in [0.29, 0.717) is 24.0 Å². The summed E-state index contributed by atoms with van der Waals surface area (Å²) in [6, 6.07) is 10.1. The van der Waals surface area contributed by atoms with E-state index in [1.165, 1.54) is 12.1 Å². The summed E-state index contributed by atoms with van der Waals surface area (Å²) in [6.07, 6.45) is 6.05. The van der Waals surface area contributed by atoms with Gasteiger partial charge in [0, 0.05) is 53.0 Å². The van der Waals surface area contributed by atoms with E-state index in [-0.39, 0.29) is 16.5 Å². The van der Waals surface area contributed by atoms with Gasteiger partial charge in [-0.1, -0.05) is 0 Å². The monoisotopic (exact) mass is 437 g/mol. The molecule has 0 fully saturated rings. The number of dihydropyridines is 1. The Morgan fingerprint density at radius 3 is 2.00 bits per heavy atom. The van der Waals surface area contributed by atoms with Crippen LogP contribution in [0.5, 0.6) is 0 Å². The van der Waals surface area contributed by atoms with Gasteiger partial charge in [0.15, 0.2) is 11.6 Å². The summed E-state index contributed by atoms with van der Waals surface area (Å²) in [5.41, 5.74) is 4.83. The Labute approximate surface area is 180 Å². The highest BCUT2D eigenvalue weighted by Gasteiger charge is 2.41. The molecule has 7 nitrogen and oxygen atoms in total. The molecule has 3 aliphatic rings. The zero-order valence-corrected chi connectivity index (χ0v) is 17.7. The predicted molar refractivity (Wildman–Crippen MR) is 115 cm³/mol. The smallest absolute Gasteiger partial charge is 0.238 e. The van der Waals surface area contributed by atoms with Crippen molar-refractivity contribution in [1.82, 2.24) is 9.88 Å². The number of aromatic nitrogens is 1. The Hall–Kier alpha value is -2.97. The third-order valence-corrected chi connectivity index (χ3v) is 7.24. The van der Waals surface area contributed by atoms with Crippen molar-refractivity contribution >= 4 is 21.6 Å². The van der Waals surface area contributed by atoms with Gasteiger partial charge in [0.1, 0.15) is 0 Å². The first-order valence-corrected chi connectivity index (χ1v) is 12.0. The van der Waals surface area contributed by atoms with E-state index < -0.39 is 15.9 Å². The lowest BCUT2D eigenvalue weighted by atomic mass is 9.73. The first-order valence-electron chi connectivity index (χ1n) is 10.4. The van der Waals surface area contributed by atoms with Gasteiger partial charge in [-0.3, -0.25) is 9.59 Å². The van der Waals surface area contributed by atoms with Crippen LogP contribution in [0.3, 0.4) is 0 Å². The number of carbonyl (C=O) groups is 2. The molecule has 31 heavy (non-hydrogen) atoms. The first kappa shape index (κ1) is 20.0. The molecule has 0 spiro atoms. The average Bonchev–Trinajstić information content (AvgIpc) is 3.22. The number of allylic oxidation sites excluding steroid dienone is 4. The lowest BCUT2D eigenvalue weighted by Crippen LogP contribution is -2.36. The number of carbonyl (C=O) groups excluding carboxylic acids is 2. The van der Waals surface area contributed by atoms with Gasteiger partial charge in [0.05, 0.1) is 10.8 Å². The van der Waals surface area contributed by atoms with Gasteiger partial charge in [0.2, 0.25) is 10.0 Å². The number of Topliss-reactive ketones (excluding diaryl/α,β-unsaturated/α-hetero) is 2. The zero-order valence-electron chi connectivity index (χ0n) is 16.9. The molecule has 5 rings (SSSR count).